The van der Waals surface area contributed by atoms with Gasteiger partial charge >= 0.3 is 0 Å². The second kappa shape index (κ2) is 9.78. The predicted molar refractivity (Wildman–Crippen MR) is 128 cm³/mol. The minimum atomic E-state index is -0.357. The lowest BCUT2D eigenvalue weighted by molar-refractivity contribution is -0.120. The van der Waals surface area contributed by atoms with Crippen LogP contribution in [0.2, 0.25) is 0 Å². The number of ketones is 1. The standard InChI is InChI=1S/C26H28N4O3/c1-29-21-12-6-7-13-22(21)30(2)26(29)19(17-27)23(31)15-16-25(32)28-20-11-5-8-14-24(20)33-18-9-3-4-10-18/h5-8,11-14,18H,3-4,9-10,15-16H2,1-2H3,(H,28,32). The Morgan fingerprint density at radius 3 is 2.24 bits per heavy atom. The van der Waals surface area contributed by atoms with Crippen LogP contribution in [0.15, 0.2) is 59.9 Å². The number of nitrogens with one attached hydrogen (secondary N) is 1. The Bertz CT molecular complexity index is 1100. The molecule has 1 heterocycles. The number of nitriles is 1. The number of carbonyl (C=O) groups excluding carboxylic acids is 2. The van der Waals surface area contributed by atoms with Crippen LogP contribution in [-0.2, 0) is 9.59 Å². The highest BCUT2D eigenvalue weighted by Crippen LogP contribution is 2.40. The lowest BCUT2D eigenvalue weighted by atomic mass is 10.1. The average molecular weight is 445 g/mol. The highest BCUT2D eigenvalue weighted by Gasteiger charge is 2.31. The molecule has 1 saturated carbocycles. The van der Waals surface area contributed by atoms with Crippen molar-refractivity contribution in [1.29, 1.82) is 5.26 Å². The van der Waals surface area contributed by atoms with Crippen molar-refractivity contribution in [1.82, 2.24) is 0 Å². The van der Waals surface area contributed by atoms with E-state index in [0.29, 0.717) is 17.3 Å². The molecule has 1 N–H and O–H groups in total. The smallest absolute Gasteiger partial charge is 0.224 e. The highest BCUT2D eigenvalue weighted by atomic mass is 16.5. The summed E-state index contributed by atoms with van der Waals surface area (Å²) in [5, 5.41) is 12.6. The molecule has 4 rings (SSSR count). The van der Waals surface area contributed by atoms with Crippen LogP contribution in [0, 0.1) is 11.3 Å². The summed E-state index contributed by atoms with van der Waals surface area (Å²) in [5.41, 5.74) is 2.50. The number of fused-ring (bicyclic) bond motifs is 1. The number of allylic oxidation sites excluding steroid dienone is 1. The Morgan fingerprint density at radius 2 is 1.61 bits per heavy atom. The first-order valence-electron chi connectivity index (χ1n) is 11.3. The molecule has 1 aliphatic heterocycles. The molecule has 7 heteroatoms. The van der Waals surface area contributed by atoms with Crippen molar-refractivity contribution in [2.75, 3.05) is 29.2 Å². The van der Waals surface area contributed by atoms with E-state index in [4.69, 9.17) is 4.74 Å². The normalized spacial score (nSPS) is 15.2. The molecule has 0 aromatic heterocycles. The van der Waals surface area contributed by atoms with Gasteiger partial charge in [0, 0.05) is 26.9 Å². The van der Waals surface area contributed by atoms with Crippen LogP contribution in [-0.4, -0.2) is 31.9 Å². The predicted octanol–water partition coefficient (Wildman–Crippen LogP) is 4.62. The Hall–Kier alpha value is -3.79. The molecule has 33 heavy (non-hydrogen) atoms. The highest BCUT2D eigenvalue weighted by molar-refractivity contribution is 6.04. The Kier molecular flexibility index (Phi) is 6.64. The van der Waals surface area contributed by atoms with Crippen molar-refractivity contribution in [3.05, 3.63) is 59.9 Å². The zero-order valence-electron chi connectivity index (χ0n) is 19.0. The third-order valence-electron chi connectivity index (χ3n) is 6.19. The van der Waals surface area contributed by atoms with Crippen LogP contribution >= 0.6 is 0 Å². The number of hydrogen-bond acceptors (Lipinski definition) is 6. The van der Waals surface area contributed by atoms with Crippen molar-refractivity contribution < 1.29 is 14.3 Å². The molecule has 1 amide bonds. The number of rotatable bonds is 7. The van der Waals surface area contributed by atoms with Gasteiger partial charge in [0.15, 0.2) is 5.78 Å². The van der Waals surface area contributed by atoms with Gasteiger partial charge in [0.1, 0.15) is 23.2 Å². The molecule has 7 nitrogen and oxygen atoms in total. The summed E-state index contributed by atoms with van der Waals surface area (Å²) in [6, 6.07) is 17.1. The first-order chi connectivity index (χ1) is 16.0. The maximum atomic E-state index is 12.9. The third kappa shape index (κ3) is 4.70. The second-order valence-electron chi connectivity index (χ2n) is 8.41. The van der Waals surface area contributed by atoms with Gasteiger partial charge in [0.2, 0.25) is 5.91 Å². The third-order valence-corrected chi connectivity index (χ3v) is 6.19. The van der Waals surface area contributed by atoms with Gasteiger partial charge in [-0.25, -0.2) is 0 Å². The quantitative estimate of drug-likeness (QED) is 0.496. The summed E-state index contributed by atoms with van der Waals surface area (Å²) in [4.78, 5) is 29.2. The van der Waals surface area contributed by atoms with E-state index in [-0.39, 0.29) is 36.2 Å². The number of ether oxygens (including phenoxy) is 1. The maximum absolute atomic E-state index is 12.9. The molecule has 0 spiro atoms. The lowest BCUT2D eigenvalue weighted by Crippen LogP contribution is -2.26. The summed E-state index contributed by atoms with van der Waals surface area (Å²) in [6.45, 7) is 0. The molecule has 0 radical (unpaired) electrons. The van der Waals surface area contributed by atoms with E-state index < -0.39 is 0 Å². The number of carbonyl (C=O) groups is 2. The molecule has 1 aliphatic carbocycles. The van der Waals surface area contributed by atoms with Gasteiger partial charge in [-0.3, -0.25) is 9.59 Å². The fraction of sp³-hybridized carbons (Fsp3) is 0.346. The second-order valence-corrected chi connectivity index (χ2v) is 8.41. The monoisotopic (exact) mass is 444 g/mol. The summed E-state index contributed by atoms with van der Waals surface area (Å²) in [5.74, 6) is 0.532. The Balaban J connectivity index is 1.41. The Morgan fingerprint density at radius 1 is 1.00 bits per heavy atom. The minimum Gasteiger partial charge on any atom is -0.488 e. The SMILES string of the molecule is CN1C(=C(C#N)C(=O)CCC(=O)Nc2ccccc2OC2CCCC2)N(C)c2ccccc21. The fourth-order valence-corrected chi connectivity index (χ4v) is 4.48. The number of nitrogens with zero attached hydrogens (tertiary/aromatic N) is 3. The largest absolute Gasteiger partial charge is 0.488 e. The topological polar surface area (TPSA) is 85.7 Å². The van der Waals surface area contributed by atoms with E-state index in [9.17, 15) is 14.9 Å². The number of amides is 1. The van der Waals surface area contributed by atoms with Gasteiger partial charge in [0.05, 0.1) is 23.2 Å². The van der Waals surface area contributed by atoms with Crippen molar-refractivity contribution in [3.8, 4) is 11.8 Å². The van der Waals surface area contributed by atoms with Gasteiger partial charge in [-0.1, -0.05) is 24.3 Å². The minimum absolute atomic E-state index is 0.0184. The zero-order chi connectivity index (χ0) is 23.4. The molecule has 2 aromatic carbocycles. The van der Waals surface area contributed by atoms with E-state index >= 15 is 0 Å². The van der Waals surface area contributed by atoms with Crippen LogP contribution < -0.4 is 19.9 Å². The molecular formula is C26H28N4O3. The first-order valence-corrected chi connectivity index (χ1v) is 11.3. The molecule has 0 atom stereocenters. The van der Waals surface area contributed by atoms with E-state index in [1.807, 2.05) is 66.4 Å². The number of para-hydroxylation sites is 4. The van der Waals surface area contributed by atoms with Crippen LogP contribution in [0.1, 0.15) is 38.5 Å². The van der Waals surface area contributed by atoms with Crippen LogP contribution in [0.25, 0.3) is 0 Å². The molecular weight excluding hydrogens is 416 g/mol. The molecule has 2 aliphatic rings. The molecule has 2 aromatic rings. The van der Waals surface area contributed by atoms with E-state index in [1.165, 1.54) is 0 Å². The van der Waals surface area contributed by atoms with E-state index in [2.05, 4.69) is 11.4 Å². The molecule has 170 valence electrons. The Labute approximate surface area is 194 Å². The number of hydrogen-bond donors (Lipinski definition) is 1. The van der Waals surface area contributed by atoms with Gasteiger partial charge in [0.25, 0.3) is 0 Å². The summed E-state index contributed by atoms with van der Waals surface area (Å²) in [6.07, 6.45) is 4.47. The van der Waals surface area contributed by atoms with E-state index in [1.54, 1.807) is 6.07 Å². The van der Waals surface area contributed by atoms with Crippen molar-refractivity contribution >= 4 is 28.8 Å². The zero-order valence-corrected chi connectivity index (χ0v) is 19.0. The number of Topliss-reactive ketones (excluding diaryl/α,β-unsaturated/α-hetero) is 1. The van der Waals surface area contributed by atoms with Crippen LogP contribution in [0.4, 0.5) is 17.1 Å². The van der Waals surface area contributed by atoms with Crippen molar-refractivity contribution in [2.24, 2.45) is 0 Å². The van der Waals surface area contributed by atoms with Gasteiger partial charge in [-0.15, -0.1) is 0 Å². The van der Waals surface area contributed by atoms with Gasteiger partial charge < -0.3 is 19.9 Å². The van der Waals surface area contributed by atoms with Crippen molar-refractivity contribution in [2.45, 2.75) is 44.6 Å². The number of anilines is 3. The molecule has 0 unspecified atom stereocenters. The summed E-state index contributed by atoms with van der Waals surface area (Å²) < 4.78 is 6.07. The van der Waals surface area contributed by atoms with Crippen molar-refractivity contribution in [3.63, 3.8) is 0 Å². The lowest BCUT2D eigenvalue weighted by Gasteiger charge is -2.20. The van der Waals surface area contributed by atoms with Gasteiger partial charge in [-0.2, -0.15) is 5.26 Å². The molecule has 0 bridgehead atoms. The summed E-state index contributed by atoms with van der Waals surface area (Å²) >= 11 is 0. The van der Waals surface area contributed by atoms with Gasteiger partial charge in [-0.05, 0) is 49.9 Å². The average Bonchev–Trinajstić information content (AvgIpc) is 3.42. The first kappa shape index (κ1) is 22.4. The van der Waals surface area contributed by atoms with Crippen LogP contribution in [0.3, 0.4) is 0 Å². The van der Waals surface area contributed by atoms with E-state index in [0.717, 1.165) is 37.1 Å². The fourth-order valence-electron chi connectivity index (χ4n) is 4.48. The summed E-state index contributed by atoms with van der Waals surface area (Å²) in [7, 11) is 3.66. The maximum Gasteiger partial charge on any atom is 0.224 e. The number of benzene rings is 2. The molecule has 0 saturated heterocycles. The molecule has 1 fully saturated rings. The van der Waals surface area contributed by atoms with Crippen LogP contribution in [0.5, 0.6) is 5.75 Å².